The summed E-state index contributed by atoms with van der Waals surface area (Å²) in [6.45, 7) is 5.22. The van der Waals surface area contributed by atoms with Gasteiger partial charge in [-0.05, 0) is 40.0 Å². The molecular weight excluding hydrogens is 184 g/mol. The molecule has 0 aromatic heterocycles. The predicted octanol–water partition coefficient (Wildman–Crippen LogP) is 0.278. The minimum absolute atomic E-state index is 0.185. The SMILES string of the molecule is CC(O)CC(C)O.CC(O)CCCO. The molecule has 0 amide bonds. The van der Waals surface area contributed by atoms with Crippen LogP contribution >= 0.6 is 0 Å². The number of hydrogen-bond donors (Lipinski definition) is 4. The topological polar surface area (TPSA) is 80.9 Å². The fourth-order valence-electron chi connectivity index (χ4n) is 0.880. The fourth-order valence-corrected chi connectivity index (χ4v) is 0.880. The highest BCUT2D eigenvalue weighted by Gasteiger charge is 1.98. The monoisotopic (exact) mass is 208 g/mol. The fraction of sp³-hybridized carbons (Fsp3) is 1.00. The third kappa shape index (κ3) is 22.6. The molecule has 0 heterocycles. The summed E-state index contributed by atoms with van der Waals surface area (Å²) in [5, 5.41) is 33.9. The second-order valence-electron chi connectivity index (χ2n) is 3.65. The zero-order valence-electron chi connectivity index (χ0n) is 9.35. The molecule has 0 bridgehead atoms. The Kier molecular flexibility index (Phi) is 12.7. The number of rotatable bonds is 5. The summed E-state index contributed by atoms with van der Waals surface area (Å²) in [6, 6.07) is 0. The Morgan fingerprint density at radius 1 is 0.857 bits per heavy atom. The summed E-state index contributed by atoms with van der Waals surface area (Å²) in [4.78, 5) is 0. The van der Waals surface area contributed by atoms with Gasteiger partial charge in [0.05, 0.1) is 18.3 Å². The van der Waals surface area contributed by atoms with Crippen molar-refractivity contribution in [2.45, 2.75) is 58.3 Å². The molecule has 14 heavy (non-hydrogen) atoms. The summed E-state index contributed by atoms with van der Waals surface area (Å²) in [5.41, 5.74) is 0. The second kappa shape index (κ2) is 10.9. The first-order valence-electron chi connectivity index (χ1n) is 5.05. The number of aliphatic hydroxyl groups excluding tert-OH is 4. The van der Waals surface area contributed by atoms with E-state index in [9.17, 15) is 0 Å². The maximum Gasteiger partial charge on any atom is 0.0536 e. The van der Waals surface area contributed by atoms with Crippen molar-refractivity contribution >= 4 is 0 Å². The van der Waals surface area contributed by atoms with Gasteiger partial charge in [-0.1, -0.05) is 0 Å². The quantitative estimate of drug-likeness (QED) is 0.523. The van der Waals surface area contributed by atoms with E-state index in [0.717, 1.165) is 0 Å². The van der Waals surface area contributed by atoms with Crippen LogP contribution < -0.4 is 0 Å². The molecule has 0 fully saturated rings. The van der Waals surface area contributed by atoms with Crippen molar-refractivity contribution < 1.29 is 20.4 Å². The van der Waals surface area contributed by atoms with E-state index in [1.165, 1.54) is 0 Å². The molecule has 3 unspecified atom stereocenters. The zero-order valence-corrected chi connectivity index (χ0v) is 9.35. The average molecular weight is 208 g/mol. The molecule has 0 aromatic carbocycles. The van der Waals surface area contributed by atoms with Crippen LogP contribution in [0.15, 0.2) is 0 Å². The van der Waals surface area contributed by atoms with Crippen molar-refractivity contribution in [3.05, 3.63) is 0 Å². The molecule has 4 heteroatoms. The van der Waals surface area contributed by atoms with E-state index in [4.69, 9.17) is 20.4 Å². The van der Waals surface area contributed by atoms with Crippen LogP contribution in [0.2, 0.25) is 0 Å². The maximum absolute atomic E-state index is 8.57. The van der Waals surface area contributed by atoms with E-state index in [-0.39, 0.29) is 24.9 Å². The van der Waals surface area contributed by atoms with E-state index >= 15 is 0 Å². The molecule has 0 rings (SSSR count). The first-order chi connectivity index (χ1) is 6.40. The van der Waals surface area contributed by atoms with Gasteiger partial charge in [0.1, 0.15) is 0 Å². The number of hydrogen-bond acceptors (Lipinski definition) is 4. The highest BCUT2D eigenvalue weighted by Crippen LogP contribution is 1.93. The molecular formula is C10H24O4. The van der Waals surface area contributed by atoms with Crippen LogP contribution in [0.4, 0.5) is 0 Å². The van der Waals surface area contributed by atoms with E-state index in [2.05, 4.69) is 0 Å². The van der Waals surface area contributed by atoms with Gasteiger partial charge in [-0.25, -0.2) is 0 Å². The van der Waals surface area contributed by atoms with Crippen LogP contribution in [-0.2, 0) is 0 Å². The first kappa shape index (κ1) is 16.3. The Morgan fingerprint density at radius 3 is 1.36 bits per heavy atom. The largest absolute Gasteiger partial charge is 0.396 e. The van der Waals surface area contributed by atoms with E-state index in [0.29, 0.717) is 19.3 Å². The summed E-state index contributed by atoms with van der Waals surface area (Å²) < 4.78 is 0. The van der Waals surface area contributed by atoms with E-state index in [1.54, 1.807) is 20.8 Å². The van der Waals surface area contributed by atoms with Crippen LogP contribution in [0.1, 0.15) is 40.0 Å². The molecule has 88 valence electrons. The van der Waals surface area contributed by atoms with Gasteiger partial charge in [-0.15, -0.1) is 0 Å². The molecule has 0 aromatic rings. The molecule has 0 saturated carbocycles. The third-order valence-corrected chi connectivity index (χ3v) is 1.46. The van der Waals surface area contributed by atoms with Crippen LogP contribution in [0.5, 0.6) is 0 Å². The van der Waals surface area contributed by atoms with E-state index in [1.807, 2.05) is 0 Å². The lowest BCUT2D eigenvalue weighted by Gasteiger charge is -2.04. The summed E-state index contributed by atoms with van der Waals surface area (Å²) in [6.07, 6.45) is 0.876. The summed E-state index contributed by atoms with van der Waals surface area (Å²) >= 11 is 0. The van der Waals surface area contributed by atoms with Crippen molar-refractivity contribution in [3.8, 4) is 0 Å². The van der Waals surface area contributed by atoms with Gasteiger partial charge in [0.2, 0.25) is 0 Å². The molecule has 0 spiro atoms. The molecule has 4 N–H and O–H groups in total. The lowest BCUT2D eigenvalue weighted by molar-refractivity contribution is 0.102. The molecule has 3 atom stereocenters. The Balaban J connectivity index is 0. The van der Waals surface area contributed by atoms with Crippen molar-refractivity contribution in [1.82, 2.24) is 0 Å². The van der Waals surface area contributed by atoms with Crippen LogP contribution in [0.25, 0.3) is 0 Å². The maximum atomic E-state index is 8.57. The smallest absolute Gasteiger partial charge is 0.0536 e. The van der Waals surface area contributed by atoms with Crippen molar-refractivity contribution in [2.24, 2.45) is 0 Å². The van der Waals surface area contributed by atoms with Crippen LogP contribution in [0.3, 0.4) is 0 Å². The molecule has 0 saturated heterocycles. The summed E-state index contributed by atoms with van der Waals surface area (Å²) in [5.74, 6) is 0. The van der Waals surface area contributed by atoms with Gasteiger partial charge < -0.3 is 20.4 Å². The normalized spacial score (nSPS) is 16.5. The van der Waals surface area contributed by atoms with Gasteiger partial charge in [0, 0.05) is 6.61 Å². The highest BCUT2D eigenvalue weighted by molar-refractivity contribution is 4.51. The lowest BCUT2D eigenvalue weighted by atomic mass is 10.2. The Labute approximate surface area is 86.2 Å². The van der Waals surface area contributed by atoms with Crippen LogP contribution in [0, 0.1) is 0 Å². The predicted molar refractivity (Wildman–Crippen MR) is 56.0 cm³/mol. The van der Waals surface area contributed by atoms with Crippen molar-refractivity contribution in [1.29, 1.82) is 0 Å². The first-order valence-corrected chi connectivity index (χ1v) is 5.05. The van der Waals surface area contributed by atoms with Crippen molar-refractivity contribution in [2.75, 3.05) is 6.61 Å². The molecule has 0 aliphatic rings. The average Bonchev–Trinajstić information content (AvgIpc) is 1.99. The second-order valence-corrected chi connectivity index (χ2v) is 3.65. The third-order valence-electron chi connectivity index (χ3n) is 1.46. The molecule has 0 radical (unpaired) electrons. The standard InChI is InChI=1S/2C5H12O2/c1-4(6)3-5(2)7;1-5(7)3-2-4-6/h4-7H,3H2,1-2H3;5-7H,2-4H2,1H3. The Hall–Kier alpha value is -0.160. The van der Waals surface area contributed by atoms with Gasteiger partial charge in [-0.3, -0.25) is 0 Å². The van der Waals surface area contributed by atoms with Gasteiger partial charge in [0.25, 0.3) is 0 Å². The number of aliphatic hydroxyl groups is 4. The van der Waals surface area contributed by atoms with Gasteiger partial charge in [0.15, 0.2) is 0 Å². The van der Waals surface area contributed by atoms with Crippen molar-refractivity contribution in [3.63, 3.8) is 0 Å². The Bertz CT molecular complexity index is 96.3. The van der Waals surface area contributed by atoms with Crippen LogP contribution in [-0.4, -0.2) is 45.3 Å². The minimum atomic E-state index is -0.375. The lowest BCUT2D eigenvalue weighted by Crippen LogP contribution is -2.10. The summed E-state index contributed by atoms with van der Waals surface area (Å²) in [7, 11) is 0. The molecule has 0 aliphatic carbocycles. The highest BCUT2D eigenvalue weighted by atomic mass is 16.3. The zero-order chi connectivity index (χ0) is 11.6. The van der Waals surface area contributed by atoms with E-state index < -0.39 is 0 Å². The van der Waals surface area contributed by atoms with Gasteiger partial charge in [-0.2, -0.15) is 0 Å². The molecule has 0 aliphatic heterocycles. The minimum Gasteiger partial charge on any atom is -0.396 e. The Morgan fingerprint density at radius 2 is 1.29 bits per heavy atom. The molecule has 4 nitrogen and oxygen atoms in total. The van der Waals surface area contributed by atoms with Gasteiger partial charge >= 0.3 is 0 Å².